The summed E-state index contributed by atoms with van der Waals surface area (Å²) in [4.78, 5) is 21.2. The van der Waals surface area contributed by atoms with Crippen molar-refractivity contribution in [3.63, 3.8) is 0 Å². The third-order valence-electron chi connectivity index (χ3n) is 4.64. The minimum Gasteiger partial charge on any atom is -0.497 e. The highest BCUT2D eigenvalue weighted by Crippen LogP contribution is 2.20. The molecule has 0 spiro atoms. The molecule has 1 aliphatic rings. The van der Waals surface area contributed by atoms with Gasteiger partial charge in [-0.25, -0.2) is 4.98 Å². The number of nitrogens with zero attached hydrogens (tertiary/aromatic N) is 3. The van der Waals surface area contributed by atoms with Gasteiger partial charge in [-0.3, -0.25) is 4.79 Å². The first kappa shape index (κ1) is 19.9. The van der Waals surface area contributed by atoms with Crippen LogP contribution in [-0.4, -0.2) is 69.4 Å². The van der Waals surface area contributed by atoms with Crippen molar-refractivity contribution in [3.05, 3.63) is 48.2 Å². The molecule has 1 saturated heterocycles. The molecule has 2 heterocycles. The molecular formula is C21H27N3O4. The van der Waals surface area contributed by atoms with Gasteiger partial charge in [0.2, 0.25) is 0 Å². The van der Waals surface area contributed by atoms with Crippen molar-refractivity contribution in [2.45, 2.75) is 6.42 Å². The molecule has 1 fully saturated rings. The summed E-state index contributed by atoms with van der Waals surface area (Å²) in [6.45, 7) is 3.94. The molecule has 1 amide bonds. The molecule has 0 aliphatic carbocycles. The van der Waals surface area contributed by atoms with Crippen LogP contribution < -0.4 is 14.4 Å². The van der Waals surface area contributed by atoms with Crippen LogP contribution in [0.4, 0.5) is 5.82 Å². The highest BCUT2D eigenvalue weighted by molar-refractivity contribution is 5.98. The van der Waals surface area contributed by atoms with E-state index >= 15 is 0 Å². The molecule has 0 saturated carbocycles. The summed E-state index contributed by atoms with van der Waals surface area (Å²) in [6, 6.07) is 11.1. The van der Waals surface area contributed by atoms with E-state index in [9.17, 15) is 4.79 Å². The number of ether oxygens (including phenoxy) is 3. The summed E-state index contributed by atoms with van der Waals surface area (Å²) < 4.78 is 16.3. The lowest BCUT2D eigenvalue weighted by molar-refractivity contribution is 0.0786. The number of pyridine rings is 1. The second-order valence-electron chi connectivity index (χ2n) is 6.58. The van der Waals surface area contributed by atoms with Crippen LogP contribution in [0.15, 0.2) is 42.6 Å². The number of benzene rings is 1. The Morgan fingerprint density at radius 1 is 1.18 bits per heavy atom. The summed E-state index contributed by atoms with van der Waals surface area (Å²) >= 11 is 0. The maximum Gasteiger partial charge on any atom is 0.257 e. The van der Waals surface area contributed by atoms with Gasteiger partial charge in [0.25, 0.3) is 5.91 Å². The SMILES string of the molecule is COc1ccc(OCCCN(C)C(=O)c2cccnc2N2CCOCC2)cc1. The fourth-order valence-electron chi connectivity index (χ4n) is 3.06. The zero-order valence-corrected chi connectivity index (χ0v) is 16.5. The number of morpholine rings is 1. The van der Waals surface area contributed by atoms with Gasteiger partial charge >= 0.3 is 0 Å². The normalized spacial score (nSPS) is 13.9. The molecule has 0 N–H and O–H groups in total. The molecule has 7 heteroatoms. The van der Waals surface area contributed by atoms with Gasteiger partial charge < -0.3 is 24.0 Å². The Bertz CT molecular complexity index is 761. The van der Waals surface area contributed by atoms with Crippen LogP contribution in [0, 0.1) is 0 Å². The molecule has 7 nitrogen and oxygen atoms in total. The topological polar surface area (TPSA) is 64.1 Å². The Kier molecular flexibility index (Phi) is 7.08. The van der Waals surface area contributed by atoms with Crippen molar-refractivity contribution < 1.29 is 19.0 Å². The molecule has 0 bridgehead atoms. The summed E-state index contributed by atoms with van der Waals surface area (Å²) in [5, 5.41) is 0. The maximum atomic E-state index is 12.9. The van der Waals surface area contributed by atoms with E-state index in [-0.39, 0.29) is 5.91 Å². The first-order valence-electron chi connectivity index (χ1n) is 9.49. The van der Waals surface area contributed by atoms with Crippen molar-refractivity contribution in [1.29, 1.82) is 0 Å². The molecule has 2 aromatic rings. The number of aromatic nitrogens is 1. The largest absolute Gasteiger partial charge is 0.497 e. The van der Waals surface area contributed by atoms with Crippen LogP contribution in [0.2, 0.25) is 0 Å². The highest BCUT2D eigenvalue weighted by atomic mass is 16.5. The van der Waals surface area contributed by atoms with Crippen LogP contribution in [0.5, 0.6) is 11.5 Å². The van der Waals surface area contributed by atoms with Gasteiger partial charge in [0.1, 0.15) is 17.3 Å². The average molecular weight is 385 g/mol. The number of rotatable bonds is 8. The molecule has 0 atom stereocenters. The molecule has 0 radical (unpaired) electrons. The summed E-state index contributed by atoms with van der Waals surface area (Å²) in [6.07, 6.45) is 2.46. The average Bonchev–Trinajstić information content (AvgIpc) is 2.77. The second-order valence-corrected chi connectivity index (χ2v) is 6.58. The van der Waals surface area contributed by atoms with Gasteiger partial charge in [-0.15, -0.1) is 0 Å². The smallest absolute Gasteiger partial charge is 0.257 e. The van der Waals surface area contributed by atoms with E-state index < -0.39 is 0 Å². The molecule has 150 valence electrons. The molecule has 1 aliphatic heterocycles. The quantitative estimate of drug-likeness (QED) is 0.651. The van der Waals surface area contributed by atoms with E-state index in [1.807, 2.05) is 37.4 Å². The fourth-order valence-corrected chi connectivity index (χ4v) is 3.06. The van der Waals surface area contributed by atoms with E-state index in [1.165, 1.54) is 0 Å². The zero-order valence-electron chi connectivity index (χ0n) is 16.5. The predicted octanol–water partition coefficient (Wildman–Crippen LogP) is 2.47. The Hall–Kier alpha value is -2.80. The van der Waals surface area contributed by atoms with Crippen molar-refractivity contribution in [3.8, 4) is 11.5 Å². The van der Waals surface area contributed by atoms with Crippen molar-refractivity contribution >= 4 is 11.7 Å². The number of anilines is 1. The van der Waals surface area contributed by atoms with Crippen LogP contribution in [0.25, 0.3) is 0 Å². The first-order chi connectivity index (χ1) is 13.7. The molecule has 3 rings (SSSR count). The minimum atomic E-state index is -0.0287. The minimum absolute atomic E-state index is 0.0287. The summed E-state index contributed by atoms with van der Waals surface area (Å²) in [5.41, 5.74) is 0.628. The third kappa shape index (κ3) is 5.13. The predicted molar refractivity (Wildman–Crippen MR) is 107 cm³/mol. The number of amides is 1. The summed E-state index contributed by atoms with van der Waals surface area (Å²) in [7, 11) is 3.45. The maximum absolute atomic E-state index is 12.9. The summed E-state index contributed by atoms with van der Waals surface area (Å²) in [5.74, 6) is 2.29. The van der Waals surface area contributed by atoms with E-state index in [4.69, 9.17) is 14.2 Å². The van der Waals surface area contributed by atoms with Gasteiger partial charge in [-0.2, -0.15) is 0 Å². The number of methoxy groups -OCH3 is 1. The van der Waals surface area contributed by atoms with Crippen molar-refractivity contribution in [1.82, 2.24) is 9.88 Å². The molecule has 28 heavy (non-hydrogen) atoms. The lowest BCUT2D eigenvalue weighted by Crippen LogP contribution is -2.39. The van der Waals surface area contributed by atoms with E-state index in [2.05, 4.69) is 9.88 Å². The highest BCUT2D eigenvalue weighted by Gasteiger charge is 2.21. The van der Waals surface area contributed by atoms with Crippen LogP contribution in [0.1, 0.15) is 16.8 Å². The Balaban J connectivity index is 1.51. The van der Waals surface area contributed by atoms with Gasteiger partial charge in [-0.1, -0.05) is 0 Å². The molecule has 0 unspecified atom stereocenters. The zero-order chi connectivity index (χ0) is 19.8. The number of hydrogen-bond acceptors (Lipinski definition) is 6. The van der Waals surface area contributed by atoms with Gasteiger partial charge in [-0.05, 0) is 42.8 Å². The number of hydrogen-bond donors (Lipinski definition) is 0. The third-order valence-corrected chi connectivity index (χ3v) is 4.64. The Morgan fingerprint density at radius 3 is 2.61 bits per heavy atom. The number of carbonyl (C=O) groups excluding carboxylic acids is 1. The van der Waals surface area contributed by atoms with Gasteiger partial charge in [0.05, 0.1) is 32.5 Å². The van der Waals surface area contributed by atoms with Crippen molar-refractivity contribution in [2.24, 2.45) is 0 Å². The second kappa shape index (κ2) is 9.94. The number of carbonyl (C=O) groups is 1. The Labute approximate surface area is 165 Å². The van der Waals surface area contributed by atoms with Crippen LogP contribution in [-0.2, 0) is 4.74 Å². The van der Waals surface area contributed by atoms with Gasteiger partial charge in [0, 0.05) is 32.9 Å². The van der Waals surface area contributed by atoms with Crippen molar-refractivity contribution in [2.75, 3.05) is 58.5 Å². The van der Waals surface area contributed by atoms with E-state index in [0.29, 0.717) is 31.9 Å². The Morgan fingerprint density at radius 2 is 1.89 bits per heavy atom. The first-order valence-corrected chi connectivity index (χ1v) is 9.49. The molecule has 1 aromatic heterocycles. The van der Waals surface area contributed by atoms with Crippen LogP contribution in [0.3, 0.4) is 0 Å². The molecule has 1 aromatic carbocycles. The van der Waals surface area contributed by atoms with E-state index in [0.717, 1.165) is 36.8 Å². The lowest BCUT2D eigenvalue weighted by Gasteiger charge is -2.29. The van der Waals surface area contributed by atoms with Crippen LogP contribution >= 0.6 is 0 Å². The van der Waals surface area contributed by atoms with Gasteiger partial charge in [0.15, 0.2) is 0 Å². The lowest BCUT2D eigenvalue weighted by atomic mass is 10.2. The fraction of sp³-hybridized carbons (Fsp3) is 0.429. The monoisotopic (exact) mass is 385 g/mol. The molecular weight excluding hydrogens is 358 g/mol. The standard InChI is InChI=1S/C21H27N3O4/c1-23(11-4-14-28-18-8-6-17(26-2)7-9-18)21(25)19-5-3-10-22-20(19)24-12-15-27-16-13-24/h3,5-10H,4,11-16H2,1-2H3. The van der Waals surface area contributed by atoms with E-state index in [1.54, 1.807) is 24.3 Å².